The Bertz CT molecular complexity index is 471. The van der Waals surface area contributed by atoms with Crippen molar-refractivity contribution >= 4 is 6.16 Å². The minimum absolute atomic E-state index is 0. The van der Waals surface area contributed by atoms with E-state index in [0.29, 0.717) is 0 Å². The van der Waals surface area contributed by atoms with E-state index in [4.69, 9.17) is 15.0 Å². The maximum Gasteiger partial charge on any atom is 1.00 e. The predicted octanol–water partition coefficient (Wildman–Crippen LogP) is 0.971. The molecule has 0 fully saturated rings. The van der Waals surface area contributed by atoms with Gasteiger partial charge in [-0.1, -0.05) is 24.3 Å². The molecule has 96 valence electrons. The number of halogens is 2. The van der Waals surface area contributed by atoms with E-state index < -0.39 is 6.16 Å². The van der Waals surface area contributed by atoms with Crippen LogP contribution in [-0.2, 0) is 0 Å². The van der Waals surface area contributed by atoms with Gasteiger partial charge in [0.25, 0.3) is 0 Å². The van der Waals surface area contributed by atoms with Crippen LogP contribution in [0.15, 0.2) is 48.5 Å². The van der Waals surface area contributed by atoms with E-state index in [1.165, 1.54) is 24.3 Å². The minimum Gasteiger partial charge on any atom is -1.00 e. The van der Waals surface area contributed by atoms with Gasteiger partial charge in [-0.15, -0.1) is 0 Å². The van der Waals surface area contributed by atoms with Gasteiger partial charge in [0.05, 0.1) is 0 Å². The summed E-state index contributed by atoms with van der Waals surface area (Å²) in [7, 11) is 0. The Morgan fingerprint density at radius 1 is 0.789 bits per heavy atom. The van der Waals surface area contributed by atoms with Gasteiger partial charge in [0.2, 0.25) is 0 Å². The molecule has 3 nitrogen and oxygen atoms in total. The van der Waals surface area contributed by atoms with Crippen molar-refractivity contribution in [1.29, 1.82) is 0 Å². The van der Waals surface area contributed by atoms with Crippen LogP contribution in [0.1, 0.15) is 1.43 Å². The summed E-state index contributed by atoms with van der Waals surface area (Å²) < 4.78 is 25.2. The van der Waals surface area contributed by atoms with Crippen molar-refractivity contribution in [1.82, 2.24) is 0 Å². The maximum atomic E-state index is 12.6. The number of hydrogen-bond donors (Lipinski definition) is 2. The summed E-state index contributed by atoms with van der Waals surface area (Å²) in [5.41, 5.74) is 1.76. The summed E-state index contributed by atoms with van der Waals surface area (Å²) in [6.07, 6.45) is -1.83. The van der Waals surface area contributed by atoms with Crippen LogP contribution in [0.2, 0.25) is 0 Å². The van der Waals surface area contributed by atoms with Crippen LogP contribution in [0.25, 0.3) is 11.1 Å². The third kappa shape index (κ3) is 6.91. The van der Waals surface area contributed by atoms with Gasteiger partial charge in [0, 0.05) is 0 Å². The topological polar surface area (TPSA) is 57.5 Å². The molecule has 0 radical (unpaired) electrons. The van der Waals surface area contributed by atoms with Gasteiger partial charge in [-0.3, -0.25) is 0 Å². The van der Waals surface area contributed by atoms with Gasteiger partial charge in [-0.05, 0) is 35.4 Å². The van der Waals surface area contributed by atoms with E-state index >= 15 is 0 Å². The van der Waals surface area contributed by atoms with Crippen molar-refractivity contribution in [2.75, 3.05) is 0 Å². The molecule has 0 unspecified atom stereocenters. The molecule has 0 bridgehead atoms. The zero-order chi connectivity index (χ0) is 13.5. The molecule has 0 amide bonds. The Balaban J connectivity index is 0. The van der Waals surface area contributed by atoms with E-state index in [1.807, 2.05) is 0 Å². The number of rotatable bonds is 1. The summed E-state index contributed by atoms with van der Waals surface area (Å²) in [5.74, 6) is -0.535. The molecule has 0 aliphatic carbocycles. The molecule has 2 rings (SSSR count). The van der Waals surface area contributed by atoms with Gasteiger partial charge in [0.15, 0.2) is 0 Å². The van der Waals surface area contributed by atoms with Crippen molar-refractivity contribution < 1.29 is 54.8 Å². The fraction of sp³-hybridized carbons (Fsp3) is 0. The second-order valence-electron chi connectivity index (χ2n) is 3.30. The molecule has 6 heteroatoms. The third-order valence-corrected chi connectivity index (χ3v) is 2.02. The summed E-state index contributed by atoms with van der Waals surface area (Å²) in [4.78, 5) is 8.56. The SMILES string of the molecule is Fc1ccc(-c2ccc(F)cc2)cc1.O=C(O)O.[H-].[Na+]. The molecule has 0 heterocycles. The molecular formula is C13H11F2NaO3. The first kappa shape index (κ1) is 17.6. The Hall–Kier alpha value is -1.43. The van der Waals surface area contributed by atoms with Crippen LogP contribution >= 0.6 is 0 Å². The Morgan fingerprint density at radius 2 is 1.00 bits per heavy atom. The fourth-order valence-electron chi connectivity index (χ4n) is 1.28. The van der Waals surface area contributed by atoms with Gasteiger partial charge in [-0.2, -0.15) is 0 Å². The van der Waals surface area contributed by atoms with E-state index in [0.717, 1.165) is 11.1 Å². The van der Waals surface area contributed by atoms with Gasteiger partial charge in [0.1, 0.15) is 11.6 Å². The number of benzene rings is 2. The molecule has 19 heavy (non-hydrogen) atoms. The summed E-state index contributed by atoms with van der Waals surface area (Å²) >= 11 is 0. The van der Waals surface area contributed by atoms with Gasteiger partial charge in [-0.25, -0.2) is 13.6 Å². The average Bonchev–Trinajstić information content (AvgIpc) is 2.31. The van der Waals surface area contributed by atoms with E-state index in [-0.39, 0.29) is 42.6 Å². The normalized spacial score (nSPS) is 8.74. The molecule has 2 N–H and O–H groups in total. The van der Waals surface area contributed by atoms with Crippen LogP contribution in [0.5, 0.6) is 0 Å². The zero-order valence-electron chi connectivity index (χ0n) is 11.2. The molecule has 2 aromatic carbocycles. The second-order valence-corrected chi connectivity index (χ2v) is 3.30. The maximum absolute atomic E-state index is 12.6. The summed E-state index contributed by atoms with van der Waals surface area (Å²) in [6.45, 7) is 0. The third-order valence-electron chi connectivity index (χ3n) is 2.02. The van der Waals surface area contributed by atoms with Crippen molar-refractivity contribution in [2.24, 2.45) is 0 Å². The second kappa shape index (κ2) is 8.63. The fourth-order valence-corrected chi connectivity index (χ4v) is 1.28. The molecule has 0 aliphatic heterocycles. The molecule has 0 aromatic heterocycles. The first-order valence-corrected chi connectivity index (χ1v) is 4.92. The molecule has 2 aromatic rings. The van der Waals surface area contributed by atoms with E-state index in [1.54, 1.807) is 24.3 Å². The minimum atomic E-state index is -1.83. The van der Waals surface area contributed by atoms with Crippen molar-refractivity contribution in [2.45, 2.75) is 0 Å². The van der Waals surface area contributed by atoms with Gasteiger partial charge < -0.3 is 11.6 Å². The quantitative estimate of drug-likeness (QED) is 0.763. The molecule has 0 saturated heterocycles. The Labute approximate surface area is 132 Å². The first-order chi connectivity index (χ1) is 8.49. The van der Waals surface area contributed by atoms with E-state index in [2.05, 4.69) is 0 Å². The molecule has 0 spiro atoms. The molecule has 0 saturated carbocycles. The van der Waals surface area contributed by atoms with Crippen LogP contribution in [-0.4, -0.2) is 16.4 Å². The number of carboxylic acid groups (broad SMARTS) is 2. The van der Waals surface area contributed by atoms with Crippen molar-refractivity contribution in [3.05, 3.63) is 60.2 Å². The number of hydrogen-bond acceptors (Lipinski definition) is 1. The smallest absolute Gasteiger partial charge is 1.00 e. The number of carbonyl (C=O) groups is 1. The molecular weight excluding hydrogens is 265 g/mol. The van der Waals surface area contributed by atoms with Crippen molar-refractivity contribution in [3.8, 4) is 11.1 Å². The standard InChI is InChI=1S/C12H8F2.CH2O3.Na.H/c13-11-5-1-9(2-6-11)10-3-7-12(14)8-4-10;2-1(3)4;;/h1-8H;(H2,2,3,4);;/q;;+1;-1. The Morgan fingerprint density at radius 3 is 1.21 bits per heavy atom. The van der Waals surface area contributed by atoms with Crippen LogP contribution in [0, 0.1) is 11.6 Å². The van der Waals surface area contributed by atoms with E-state index in [9.17, 15) is 8.78 Å². The average molecular weight is 276 g/mol. The van der Waals surface area contributed by atoms with Crippen LogP contribution in [0.4, 0.5) is 13.6 Å². The predicted molar refractivity (Wildman–Crippen MR) is 63.6 cm³/mol. The zero-order valence-corrected chi connectivity index (χ0v) is 12.2. The largest absolute Gasteiger partial charge is 1.00 e. The van der Waals surface area contributed by atoms with Crippen LogP contribution in [0.3, 0.4) is 0 Å². The monoisotopic (exact) mass is 276 g/mol. The summed E-state index contributed by atoms with van der Waals surface area (Å²) in [6, 6.07) is 12.2. The molecule has 0 atom stereocenters. The van der Waals surface area contributed by atoms with Crippen LogP contribution < -0.4 is 29.6 Å². The first-order valence-electron chi connectivity index (χ1n) is 4.92. The molecule has 0 aliphatic rings. The summed E-state index contributed by atoms with van der Waals surface area (Å²) in [5, 5.41) is 13.9. The Kier molecular flexibility index (Phi) is 7.98. The van der Waals surface area contributed by atoms with Crippen molar-refractivity contribution in [3.63, 3.8) is 0 Å². The van der Waals surface area contributed by atoms with Gasteiger partial charge >= 0.3 is 35.7 Å².